The van der Waals surface area contributed by atoms with Crippen molar-refractivity contribution in [3.05, 3.63) is 28.3 Å². The van der Waals surface area contributed by atoms with Crippen molar-refractivity contribution in [1.29, 1.82) is 0 Å². The van der Waals surface area contributed by atoms with Gasteiger partial charge < -0.3 is 16.2 Å². The molecule has 0 fully saturated rings. The molecule has 88 valence electrons. The van der Waals surface area contributed by atoms with E-state index in [0.29, 0.717) is 17.2 Å². The zero-order chi connectivity index (χ0) is 12.3. The molecule has 0 aromatic heterocycles. The van der Waals surface area contributed by atoms with Crippen LogP contribution in [0.5, 0.6) is 5.75 Å². The van der Waals surface area contributed by atoms with Crippen molar-refractivity contribution < 1.29 is 9.53 Å². The first-order valence-electron chi connectivity index (χ1n) is 4.83. The molecule has 1 aromatic carbocycles. The van der Waals surface area contributed by atoms with Crippen molar-refractivity contribution in [2.24, 2.45) is 11.5 Å². The van der Waals surface area contributed by atoms with E-state index in [9.17, 15) is 4.79 Å². The zero-order valence-electron chi connectivity index (χ0n) is 9.29. The Morgan fingerprint density at radius 2 is 2.19 bits per heavy atom. The van der Waals surface area contributed by atoms with Gasteiger partial charge in [-0.1, -0.05) is 11.6 Å². The second-order valence-corrected chi connectivity index (χ2v) is 4.03. The molecule has 1 aromatic rings. The summed E-state index contributed by atoms with van der Waals surface area (Å²) < 4.78 is 5.20. The molecular formula is C11H15ClN2O2. The van der Waals surface area contributed by atoms with Crippen LogP contribution in [0.3, 0.4) is 0 Å². The Labute approximate surface area is 99.5 Å². The number of ether oxygens (including phenoxy) is 1. The van der Waals surface area contributed by atoms with E-state index in [-0.39, 0.29) is 0 Å². The molecule has 0 saturated carbocycles. The predicted octanol–water partition coefficient (Wildman–Crippen LogP) is 1.01. The van der Waals surface area contributed by atoms with Crippen LogP contribution in [0.2, 0.25) is 5.02 Å². The van der Waals surface area contributed by atoms with Crippen molar-refractivity contribution in [3.8, 4) is 5.75 Å². The van der Waals surface area contributed by atoms with Gasteiger partial charge in [-0.3, -0.25) is 4.79 Å². The van der Waals surface area contributed by atoms with E-state index >= 15 is 0 Å². The topological polar surface area (TPSA) is 78.3 Å². The highest BCUT2D eigenvalue weighted by atomic mass is 35.5. The Morgan fingerprint density at radius 1 is 1.56 bits per heavy atom. The van der Waals surface area contributed by atoms with Gasteiger partial charge in [0, 0.05) is 11.4 Å². The largest absolute Gasteiger partial charge is 0.496 e. The van der Waals surface area contributed by atoms with Crippen LogP contribution < -0.4 is 16.2 Å². The molecule has 16 heavy (non-hydrogen) atoms. The third-order valence-corrected chi connectivity index (χ3v) is 2.77. The molecular weight excluding hydrogens is 228 g/mol. The lowest BCUT2D eigenvalue weighted by atomic mass is 10.0. The van der Waals surface area contributed by atoms with E-state index in [2.05, 4.69) is 0 Å². The molecule has 4 N–H and O–H groups in total. The van der Waals surface area contributed by atoms with Crippen LogP contribution in [-0.4, -0.2) is 19.1 Å². The van der Waals surface area contributed by atoms with Gasteiger partial charge in [-0.2, -0.15) is 0 Å². The second kappa shape index (κ2) is 5.18. The fourth-order valence-electron chi connectivity index (χ4n) is 1.38. The molecule has 1 atom stereocenters. The van der Waals surface area contributed by atoms with Gasteiger partial charge in [0.15, 0.2) is 0 Å². The normalized spacial score (nSPS) is 12.2. The Balaban J connectivity index is 3.03. The molecule has 1 rings (SSSR count). The van der Waals surface area contributed by atoms with Gasteiger partial charge in [-0.15, -0.1) is 0 Å². The number of benzene rings is 1. The first-order chi connectivity index (χ1) is 7.45. The lowest BCUT2D eigenvalue weighted by Crippen LogP contribution is -2.38. The van der Waals surface area contributed by atoms with Crippen molar-refractivity contribution in [3.63, 3.8) is 0 Å². The fourth-order valence-corrected chi connectivity index (χ4v) is 1.57. The molecule has 4 nitrogen and oxygen atoms in total. The molecule has 0 aliphatic carbocycles. The monoisotopic (exact) mass is 242 g/mol. The van der Waals surface area contributed by atoms with Crippen molar-refractivity contribution in [1.82, 2.24) is 0 Å². The summed E-state index contributed by atoms with van der Waals surface area (Å²) in [7, 11) is 1.56. The Kier molecular flexibility index (Phi) is 4.15. The van der Waals surface area contributed by atoms with E-state index in [1.165, 1.54) is 0 Å². The molecule has 0 aliphatic rings. The summed E-state index contributed by atoms with van der Waals surface area (Å²) in [5.74, 6) is 0.123. The SMILES string of the molecule is COc1cc(C)c(Cl)cc1CC(N)C(N)=O. The highest BCUT2D eigenvalue weighted by molar-refractivity contribution is 6.31. The van der Waals surface area contributed by atoms with Gasteiger partial charge in [-0.25, -0.2) is 0 Å². The van der Waals surface area contributed by atoms with Gasteiger partial charge in [-0.05, 0) is 30.2 Å². The Bertz CT molecular complexity index is 407. The minimum Gasteiger partial charge on any atom is -0.496 e. The Hall–Kier alpha value is -1.26. The number of carbonyl (C=O) groups excluding carboxylic acids is 1. The number of hydrogen-bond donors (Lipinski definition) is 2. The van der Waals surface area contributed by atoms with Gasteiger partial charge in [0.1, 0.15) is 5.75 Å². The third kappa shape index (κ3) is 2.87. The van der Waals surface area contributed by atoms with Gasteiger partial charge in [0.25, 0.3) is 0 Å². The van der Waals surface area contributed by atoms with Crippen LogP contribution in [0.15, 0.2) is 12.1 Å². The second-order valence-electron chi connectivity index (χ2n) is 3.63. The molecule has 0 aliphatic heterocycles. The molecule has 1 unspecified atom stereocenters. The minimum absolute atomic E-state index is 0.318. The molecule has 0 spiro atoms. The molecule has 0 bridgehead atoms. The molecule has 0 heterocycles. The number of carbonyl (C=O) groups is 1. The molecule has 0 saturated heterocycles. The number of methoxy groups -OCH3 is 1. The Morgan fingerprint density at radius 3 is 2.69 bits per heavy atom. The van der Waals surface area contributed by atoms with E-state index in [4.69, 9.17) is 27.8 Å². The van der Waals surface area contributed by atoms with Crippen LogP contribution in [0, 0.1) is 6.92 Å². The number of aryl methyl sites for hydroxylation is 1. The number of nitrogens with two attached hydrogens (primary N) is 2. The number of amides is 1. The number of primary amides is 1. The van der Waals surface area contributed by atoms with Crippen LogP contribution in [0.4, 0.5) is 0 Å². The van der Waals surface area contributed by atoms with E-state index in [1.807, 2.05) is 13.0 Å². The van der Waals surface area contributed by atoms with Crippen LogP contribution >= 0.6 is 11.6 Å². The van der Waals surface area contributed by atoms with E-state index < -0.39 is 11.9 Å². The highest BCUT2D eigenvalue weighted by Crippen LogP contribution is 2.27. The summed E-state index contributed by atoms with van der Waals surface area (Å²) in [5, 5.41) is 0.618. The molecule has 5 heteroatoms. The summed E-state index contributed by atoms with van der Waals surface area (Å²) in [4.78, 5) is 10.9. The maximum atomic E-state index is 10.9. The highest BCUT2D eigenvalue weighted by Gasteiger charge is 2.14. The molecule has 0 radical (unpaired) electrons. The lowest BCUT2D eigenvalue weighted by Gasteiger charge is -2.13. The maximum absolute atomic E-state index is 10.9. The average Bonchev–Trinajstić information content (AvgIpc) is 2.22. The van der Waals surface area contributed by atoms with E-state index in [0.717, 1.165) is 11.1 Å². The summed E-state index contributed by atoms with van der Waals surface area (Å²) in [5.41, 5.74) is 12.4. The standard InChI is InChI=1S/C11H15ClN2O2/c1-6-3-10(16-2)7(4-8(6)12)5-9(13)11(14)15/h3-4,9H,5,13H2,1-2H3,(H2,14,15). The predicted molar refractivity (Wildman–Crippen MR) is 63.6 cm³/mol. The van der Waals surface area contributed by atoms with E-state index in [1.54, 1.807) is 13.2 Å². The maximum Gasteiger partial charge on any atom is 0.234 e. The van der Waals surface area contributed by atoms with Gasteiger partial charge in [0.2, 0.25) is 5.91 Å². The number of halogens is 1. The lowest BCUT2D eigenvalue weighted by molar-refractivity contribution is -0.119. The summed E-state index contributed by atoms with van der Waals surface area (Å²) in [6, 6.07) is 2.83. The van der Waals surface area contributed by atoms with Crippen LogP contribution in [0.1, 0.15) is 11.1 Å². The molecule has 1 amide bonds. The summed E-state index contributed by atoms with van der Waals surface area (Å²) in [6.07, 6.45) is 0.318. The zero-order valence-corrected chi connectivity index (χ0v) is 10.0. The number of rotatable bonds is 4. The average molecular weight is 243 g/mol. The number of hydrogen-bond acceptors (Lipinski definition) is 3. The minimum atomic E-state index is -0.729. The van der Waals surface area contributed by atoms with Crippen LogP contribution in [-0.2, 0) is 11.2 Å². The summed E-state index contributed by atoms with van der Waals surface area (Å²) >= 11 is 5.99. The first-order valence-corrected chi connectivity index (χ1v) is 5.21. The summed E-state index contributed by atoms with van der Waals surface area (Å²) in [6.45, 7) is 1.88. The van der Waals surface area contributed by atoms with Crippen LogP contribution in [0.25, 0.3) is 0 Å². The van der Waals surface area contributed by atoms with Crippen molar-refractivity contribution >= 4 is 17.5 Å². The smallest absolute Gasteiger partial charge is 0.234 e. The fraction of sp³-hybridized carbons (Fsp3) is 0.364. The van der Waals surface area contributed by atoms with Crippen molar-refractivity contribution in [2.75, 3.05) is 7.11 Å². The van der Waals surface area contributed by atoms with Gasteiger partial charge in [0.05, 0.1) is 13.2 Å². The van der Waals surface area contributed by atoms with Crippen molar-refractivity contribution in [2.45, 2.75) is 19.4 Å². The van der Waals surface area contributed by atoms with Gasteiger partial charge >= 0.3 is 0 Å². The quantitative estimate of drug-likeness (QED) is 0.827. The third-order valence-electron chi connectivity index (χ3n) is 2.37. The first kappa shape index (κ1) is 12.8.